The number of thioether (sulfide) groups is 1. The van der Waals surface area contributed by atoms with Crippen LogP contribution in [0.3, 0.4) is 0 Å². The lowest BCUT2D eigenvalue weighted by Crippen LogP contribution is -2.39. The maximum absolute atomic E-state index is 11.5. The number of carbonyl (C=O) groups excluding carboxylic acids is 1. The SMILES string of the molecule is COC(=O)CSc1nnc2n1-c1sc3c(c1C1NCNN21)CCCC3. The largest absolute Gasteiger partial charge is 0.468 e. The molecule has 2 aliphatic heterocycles. The van der Waals surface area contributed by atoms with Crippen molar-refractivity contribution in [3.8, 4) is 5.00 Å². The molecular weight excluding hydrogens is 360 g/mol. The van der Waals surface area contributed by atoms with Crippen LogP contribution in [0.25, 0.3) is 5.00 Å². The van der Waals surface area contributed by atoms with Crippen LogP contribution in [0.5, 0.6) is 0 Å². The number of anilines is 1. The van der Waals surface area contributed by atoms with Crippen molar-refractivity contribution in [1.82, 2.24) is 25.5 Å². The second kappa shape index (κ2) is 5.97. The molecule has 2 N–H and O–H groups in total. The Kier molecular flexibility index (Phi) is 3.73. The van der Waals surface area contributed by atoms with Crippen LogP contribution in [-0.4, -0.2) is 40.3 Å². The smallest absolute Gasteiger partial charge is 0.316 e. The zero-order chi connectivity index (χ0) is 17.0. The van der Waals surface area contributed by atoms with Crippen LogP contribution in [0.4, 0.5) is 5.95 Å². The average molecular weight is 378 g/mol. The predicted molar refractivity (Wildman–Crippen MR) is 95.0 cm³/mol. The van der Waals surface area contributed by atoms with E-state index in [2.05, 4.69) is 30.5 Å². The van der Waals surface area contributed by atoms with Gasteiger partial charge in [-0.1, -0.05) is 11.8 Å². The van der Waals surface area contributed by atoms with Gasteiger partial charge in [-0.2, -0.15) is 0 Å². The molecule has 0 radical (unpaired) electrons. The van der Waals surface area contributed by atoms with Crippen LogP contribution in [-0.2, 0) is 22.4 Å². The Morgan fingerprint density at radius 2 is 2.28 bits per heavy atom. The summed E-state index contributed by atoms with van der Waals surface area (Å²) in [5, 5.41) is 16.2. The van der Waals surface area contributed by atoms with E-state index in [4.69, 9.17) is 4.74 Å². The molecule has 1 atom stereocenters. The Morgan fingerprint density at radius 1 is 1.40 bits per heavy atom. The number of carbonyl (C=O) groups is 1. The van der Waals surface area contributed by atoms with Gasteiger partial charge in [0.05, 0.1) is 19.5 Å². The van der Waals surface area contributed by atoms with E-state index in [9.17, 15) is 4.79 Å². The maximum atomic E-state index is 11.5. The molecule has 0 amide bonds. The third-order valence-corrected chi connectivity index (χ3v) is 7.05. The lowest BCUT2D eigenvalue weighted by atomic mass is 9.94. The van der Waals surface area contributed by atoms with Crippen molar-refractivity contribution in [3.63, 3.8) is 0 Å². The fourth-order valence-corrected chi connectivity index (χ4v) is 5.97. The minimum Gasteiger partial charge on any atom is -0.468 e. The highest BCUT2D eigenvalue weighted by Crippen LogP contribution is 2.47. The number of thiophene rings is 1. The lowest BCUT2D eigenvalue weighted by Gasteiger charge is -2.31. The molecule has 10 heteroatoms. The van der Waals surface area contributed by atoms with Crippen molar-refractivity contribution in [3.05, 3.63) is 16.0 Å². The first-order valence-electron chi connectivity index (χ1n) is 8.34. The number of aryl methyl sites for hydroxylation is 1. The molecule has 1 fully saturated rings. The minimum atomic E-state index is -0.261. The summed E-state index contributed by atoms with van der Waals surface area (Å²) in [4.78, 5) is 13.0. The van der Waals surface area contributed by atoms with E-state index in [0.29, 0.717) is 6.67 Å². The lowest BCUT2D eigenvalue weighted by molar-refractivity contribution is -0.137. The fourth-order valence-electron chi connectivity index (χ4n) is 3.72. The second-order valence-electron chi connectivity index (χ2n) is 6.22. The van der Waals surface area contributed by atoms with Crippen LogP contribution < -0.4 is 15.8 Å². The normalized spacial score (nSPS) is 20.7. The van der Waals surface area contributed by atoms with Crippen LogP contribution in [0.15, 0.2) is 5.16 Å². The Hall–Kier alpha value is -1.62. The summed E-state index contributed by atoms with van der Waals surface area (Å²) in [5.41, 5.74) is 6.18. The number of rotatable bonds is 3. The molecule has 25 heavy (non-hydrogen) atoms. The quantitative estimate of drug-likeness (QED) is 0.612. The van der Waals surface area contributed by atoms with E-state index in [1.165, 1.54) is 52.7 Å². The van der Waals surface area contributed by atoms with Crippen LogP contribution in [0.1, 0.15) is 35.0 Å². The summed E-state index contributed by atoms with van der Waals surface area (Å²) < 4.78 is 6.84. The summed E-state index contributed by atoms with van der Waals surface area (Å²) >= 11 is 3.21. The molecular formula is C15H18N6O2S2. The standard InChI is InChI=1S/C15H18N6O2S2/c1-23-10(22)6-24-15-19-18-14-20(15)13-11(12-16-7-17-21(12)14)8-4-2-3-5-9(8)25-13/h12,16-17H,2-7H2,1H3. The molecule has 3 aliphatic rings. The van der Waals surface area contributed by atoms with Crippen molar-refractivity contribution in [2.45, 2.75) is 37.0 Å². The van der Waals surface area contributed by atoms with Gasteiger partial charge in [-0.25, -0.2) is 9.99 Å². The van der Waals surface area contributed by atoms with Crippen molar-refractivity contribution in [2.75, 3.05) is 24.5 Å². The van der Waals surface area contributed by atoms with E-state index in [-0.39, 0.29) is 17.9 Å². The van der Waals surface area contributed by atoms with Crippen molar-refractivity contribution in [2.24, 2.45) is 0 Å². The highest BCUT2D eigenvalue weighted by atomic mass is 32.2. The van der Waals surface area contributed by atoms with E-state index in [1.807, 2.05) is 11.3 Å². The fraction of sp³-hybridized carbons (Fsp3) is 0.533. The molecule has 0 saturated carbocycles. The average Bonchev–Trinajstić information content (AvgIpc) is 3.34. The summed E-state index contributed by atoms with van der Waals surface area (Å²) in [6.07, 6.45) is 4.88. The van der Waals surface area contributed by atoms with Crippen LogP contribution in [0.2, 0.25) is 0 Å². The molecule has 2 aromatic rings. The number of hydrogen-bond donors (Lipinski definition) is 2. The molecule has 4 heterocycles. The number of hydrogen-bond acceptors (Lipinski definition) is 9. The molecule has 1 saturated heterocycles. The summed E-state index contributed by atoms with van der Waals surface area (Å²) in [6, 6.07) is 0. The monoisotopic (exact) mass is 378 g/mol. The Labute approximate surface area is 152 Å². The first-order chi connectivity index (χ1) is 12.3. The predicted octanol–water partition coefficient (Wildman–Crippen LogP) is 1.36. The van der Waals surface area contributed by atoms with E-state index < -0.39 is 0 Å². The molecule has 5 rings (SSSR count). The zero-order valence-corrected chi connectivity index (χ0v) is 15.4. The number of aromatic nitrogens is 3. The third-order valence-electron chi connectivity index (χ3n) is 4.85. The van der Waals surface area contributed by atoms with Crippen molar-refractivity contribution >= 4 is 35.0 Å². The number of esters is 1. The third kappa shape index (κ3) is 2.31. The molecule has 132 valence electrons. The van der Waals surface area contributed by atoms with Gasteiger partial charge in [0.1, 0.15) is 11.2 Å². The van der Waals surface area contributed by atoms with Gasteiger partial charge >= 0.3 is 5.97 Å². The molecule has 2 aromatic heterocycles. The zero-order valence-electron chi connectivity index (χ0n) is 13.7. The van der Waals surface area contributed by atoms with Gasteiger partial charge in [0.15, 0.2) is 5.16 Å². The number of nitrogens with zero attached hydrogens (tertiary/aromatic N) is 4. The Morgan fingerprint density at radius 3 is 3.16 bits per heavy atom. The van der Waals surface area contributed by atoms with Gasteiger partial charge in [-0.05, 0) is 31.2 Å². The van der Waals surface area contributed by atoms with E-state index in [0.717, 1.165) is 23.9 Å². The Balaban J connectivity index is 1.63. The number of ether oxygens (including phenoxy) is 1. The topological polar surface area (TPSA) is 84.3 Å². The van der Waals surface area contributed by atoms with Gasteiger partial charge in [0.25, 0.3) is 0 Å². The molecule has 0 spiro atoms. The van der Waals surface area contributed by atoms with Crippen LogP contribution >= 0.6 is 23.1 Å². The first-order valence-corrected chi connectivity index (χ1v) is 10.1. The highest BCUT2D eigenvalue weighted by Gasteiger charge is 2.41. The Bertz CT molecular complexity index is 847. The van der Waals surface area contributed by atoms with Crippen molar-refractivity contribution < 1.29 is 9.53 Å². The van der Waals surface area contributed by atoms with Gasteiger partial charge < -0.3 is 4.74 Å². The summed E-state index contributed by atoms with van der Waals surface area (Å²) in [6.45, 7) is 0.701. The maximum Gasteiger partial charge on any atom is 0.316 e. The second-order valence-corrected chi connectivity index (χ2v) is 8.25. The van der Waals surface area contributed by atoms with Crippen molar-refractivity contribution in [1.29, 1.82) is 0 Å². The first kappa shape index (κ1) is 15.6. The molecule has 1 unspecified atom stereocenters. The van der Waals surface area contributed by atoms with Gasteiger partial charge in [-0.3, -0.25) is 15.1 Å². The van der Waals surface area contributed by atoms with Gasteiger partial charge in [0, 0.05) is 10.4 Å². The molecule has 0 bridgehead atoms. The number of fused-ring (bicyclic) bond motifs is 8. The molecule has 8 nitrogen and oxygen atoms in total. The van der Waals surface area contributed by atoms with Gasteiger partial charge in [-0.15, -0.1) is 21.5 Å². The minimum absolute atomic E-state index is 0.100. The van der Waals surface area contributed by atoms with Crippen LogP contribution in [0, 0.1) is 0 Å². The summed E-state index contributed by atoms with van der Waals surface area (Å²) in [7, 11) is 1.40. The highest BCUT2D eigenvalue weighted by molar-refractivity contribution is 7.99. The van der Waals surface area contributed by atoms with E-state index in [1.54, 1.807) is 0 Å². The number of methoxy groups -OCH3 is 1. The molecule has 1 aliphatic carbocycles. The van der Waals surface area contributed by atoms with E-state index >= 15 is 0 Å². The van der Waals surface area contributed by atoms with Gasteiger partial charge in [0.2, 0.25) is 5.95 Å². The molecule has 0 aromatic carbocycles. The number of hydrazine groups is 1. The summed E-state index contributed by atoms with van der Waals surface area (Å²) in [5.74, 6) is 0.737. The number of nitrogens with one attached hydrogen (secondary N) is 2.